The standard InChI is InChI=1S/C12H18N6/c1-2-8(5-7-3-4-7)16-11-9-10(15-6-14-9)17-12(13)18-11/h6-8H,2-5H2,1H3,(H4,13,14,15,16,17,18). The van der Waals surface area contributed by atoms with Crippen LogP contribution < -0.4 is 11.1 Å². The van der Waals surface area contributed by atoms with Gasteiger partial charge >= 0.3 is 0 Å². The summed E-state index contributed by atoms with van der Waals surface area (Å²) < 4.78 is 0. The minimum absolute atomic E-state index is 0.262. The lowest BCUT2D eigenvalue weighted by Crippen LogP contribution is -2.20. The Labute approximate surface area is 105 Å². The maximum atomic E-state index is 5.70. The topological polar surface area (TPSA) is 92.5 Å². The van der Waals surface area contributed by atoms with Crippen molar-refractivity contribution < 1.29 is 0 Å². The summed E-state index contributed by atoms with van der Waals surface area (Å²) in [5.41, 5.74) is 7.15. The van der Waals surface area contributed by atoms with Gasteiger partial charge in [-0.3, -0.25) is 0 Å². The van der Waals surface area contributed by atoms with Crippen molar-refractivity contribution in [2.75, 3.05) is 11.1 Å². The normalized spacial score (nSPS) is 16.9. The SMILES string of the molecule is CCC(CC1CC1)Nc1nc(N)nc2nc[nH]c12. The molecule has 2 heterocycles. The molecule has 1 aliphatic carbocycles. The van der Waals surface area contributed by atoms with Crippen molar-refractivity contribution in [1.82, 2.24) is 19.9 Å². The van der Waals surface area contributed by atoms with E-state index in [9.17, 15) is 0 Å². The predicted molar refractivity (Wildman–Crippen MR) is 71.1 cm³/mol. The fraction of sp³-hybridized carbons (Fsp3) is 0.583. The third-order valence-corrected chi connectivity index (χ3v) is 3.45. The van der Waals surface area contributed by atoms with Crippen molar-refractivity contribution in [2.24, 2.45) is 5.92 Å². The van der Waals surface area contributed by atoms with Gasteiger partial charge in [0.15, 0.2) is 11.5 Å². The molecule has 1 atom stereocenters. The maximum absolute atomic E-state index is 5.70. The number of nitrogen functional groups attached to an aromatic ring is 1. The second-order valence-electron chi connectivity index (χ2n) is 4.96. The van der Waals surface area contributed by atoms with Gasteiger partial charge in [0.25, 0.3) is 0 Å². The van der Waals surface area contributed by atoms with Gasteiger partial charge in [-0.25, -0.2) is 4.98 Å². The minimum atomic E-state index is 0.262. The predicted octanol–water partition coefficient (Wildman–Crippen LogP) is 1.93. The zero-order valence-corrected chi connectivity index (χ0v) is 10.5. The molecule has 2 aromatic rings. The fourth-order valence-corrected chi connectivity index (χ4v) is 2.23. The summed E-state index contributed by atoms with van der Waals surface area (Å²) >= 11 is 0. The highest BCUT2D eigenvalue weighted by molar-refractivity contribution is 5.83. The molecule has 18 heavy (non-hydrogen) atoms. The van der Waals surface area contributed by atoms with Crippen LogP contribution in [0.5, 0.6) is 0 Å². The molecule has 3 rings (SSSR count). The van der Waals surface area contributed by atoms with E-state index in [1.165, 1.54) is 19.3 Å². The molecule has 1 aliphatic rings. The summed E-state index contributed by atoms with van der Waals surface area (Å²) in [6.07, 6.45) is 6.63. The van der Waals surface area contributed by atoms with E-state index in [4.69, 9.17) is 5.73 Å². The van der Waals surface area contributed by atoms with E-state index >= 15 is 0 Å². The minimum Gasteiger partial charge on any atom is -0.368 e. The highest BCUT2D eigenvalue weighted by atomic mass is 15.1. The summed E-state index contributed by atoms with van der Waals surface area (Å²) in [6, 6.07) is 0.443. The van der Waals surface area contributed by atoms with Crippen LogP contribution in [0.4, 0.5) is 11.8 Å². The third-order valence-electron chi connectivity index (χ3n) is 3.45. The van der Waals surface area contributed by atoms with E-state index in [2.05, 4.69) is 32.2 Å². The molecule has 6 nitrogen and oxygen atoms in total. The lowest BCUT2D eigenvalue weighted by Gasteiger charge is -2.17. The first-order valence-corrected chi connectivity index (χ1v) is 6.49. The van der Waals surface area contributed by atoms with E-state index in [0.717, 1.165) is 23.7 Å². The Bertz CT molecular complexity index is 544. The molecule has 6 heteroatoms. The monoisotopic (exact) mass is 246 g/mol. The second kappa shape index (κ2) is 4.44. The summed E-state index contributed by atoms with van der Waals surface area (Å²) in [5, 5.41) is 3.47. The largest absolute Gasteiger partial charge is 0.368 e. The number of hydrogen-bond acceptors (Lipinski definition) is 5. The number of anilines is 2. The van der Waals surface area contributed by atoms with Gasteiger partial charge in [-0.05, 0) is 18.8 Å². The molecule has 0 amide bonds. The Kier molecular flexibility index (Phi) is 2.77. The van der Waals surface area contributed by atoms with E-state index in [1.54, 1.807) is 6.33 Å². The number of nitrogens with zero attached hydrogens (tertiary/aromatic N) is 3. The van der Waals surface area contributed by atoms with E-state index < -0.39 is 0 Å². The van der Waals surface area contributed by atoms with Crippen molar-refractivity contribution in [2.45, 2.75) is 38.6 Å². The van der Waals surface area contributed by atoms with Crippen LogP contribution >= 0.6 is 0 Å². The van der Waals surface area contributed by atoms with Crippen LogP contribution in [0.15, 0.2) is 6.33 Å². The zero-order valence-electron chi connectivity index (χ0n) is 10.5. The number of aromatic nitrogens is 4. The van der Waals surface area contributed by atoms with Gasteiger partial charge in [-0.15, -0.1) is 0 Å². The smallest absolute Gasteiger partial charge is 0.224 e. The molecule has 0 saturated heterocycles. The van der Waals surface area contributed by atoms with Crippen molar-refractivity contribution in [3.8, 4) is 0 Å². The molecule has 0 aromatic carbocycles. The average Bonchev–Trinajstić information content (AvgIpc) is 3.03. The lowest BCUT2D eigenvalue weighted by atomic mass is 10.1. The molecule has 0 bridgehead atoms. The van der Waals surface area contributed by atoms with Gasteiger partial charge in [0.2, 0.25) is 5.95 Å². The quantitative estimate of drug-likeness (QED) is 0.749. The third kappa shape index (κ3) is 2.23. The van der Waals surface area contributed by atoms with Crippen LogP contribution in [0.3, 0.4) is 0 Å². The average molecular weight is 246 g/mol. The highest BCUT2D eigenvalue weighted by Crippen LogP contribution is 2.35. The van der Waals surface area contributed by atoms with Gasteiger partial charge in [0.05, 0.1) is 6.33 Å². The molecule has 96 valence electrons. The second-order valence-corrected chi connectivity index (χ2v) is 4.96. The lowest BCUT2D eigenvalue weighted by molar-refractivity contribution is 0.585. The maximum Gasteiger partial charge on any atom is 0.224 e. The molecule has 1 unspecified atom stereocenters. The first-order chi connectivity index (χ1) is 8.76. The molecule has 2 aromatic heterocycles. The Morgan fingerprint density at radius 2 is 2.33 bits per heavy atom. The zero-order chi connectivity index (χ0) is 12.5. The van der Waals surface area contributed by atoms with Gasteiger partial charge in [-0.2, -0.15) is 9.97 Å². The van der Waals surface area contributed by atoms with Crippen molar-refractivity contribution in [1.29, 1.82) is 0 Å². The Morgan fingerprint density at radius 3 is 3.06 bits per heavy atom. The van der Waals surface area contributed by atoms with Crippen molar-refractivity contribution in [3.05, 3.63) is 6.33 Å². The first kappa shape index (κ1) is 11.3. The molecular weight excluding hydrogens is 228 g/mol. The fourth-order valence-electron chi connectivity index (χ4n) is 2.23. The number of hydrogen-bond donors (Lipinski definition) is 3. The number of imidazole rings is 1. The summed E-state index contributed by atoms with van der Waals surface area (Å²) in [5.74, 6) is 1.92. The number of nitrogens with one attached hydrogen (secondary N) is 2. The van der Waals surface area contributed by atoms with Crippen molar-refractivity contribution >= 4 is 22.9 Å². The van der Waals surface area contributed by atoms with Crippen molar-refractivity contribution in [3.63, 3.8) is 0 Å². The Balaban J connectivity index is 1.85. The molecule has 1 fully saturated rings. The van der Waals surface area contributed by atoms with Gasteiger partial charge in [0, 0.05) is 6.04 Å². The number of aromatic amines is 1. The highest BCUT2D eigenvalue weighted by Gasteiger charge is 2.25. The van der Waals surface area contributed by atoms with Gasteiger partial charge in [-0.1, -0.05) is 19.8 Å². The molecule has 0 aliphatic heterocycles. The van der Waals surface area contributed by atoms with Crippen LogP contribution in [-0.2, 0) is 0 Å². The van der Waals surface area contributed by atoms with E-state index in [0.29, 0.717) is 11.7 Å². The number of rotatable bonds is 5. The molecular formula is C12H18N6. The number of fused-ring (bicyclic) bond motifs is 1. The molecule has 0 radical (unpaired) electrons. The van der Waals surface area contributed by atoms with Gasteiger partial charge in [0.1, 0.15) is 5.52 Å². The summed E-state index contributed by atoms with van der Waals surface area (Å²) in [6.45, 7) is 2.19. The van der Waals surface area contributed by atoms with Crippen LogP contribution in [0.1, 0.15) is 32.6 Å². The first-order valence-electron chi connectivity index (χ1n) is 6.49. The Hall–Kier alpha value is -1.85. The van der Waals surface area contributed by atoms with Gasteiger partial charge < -0.3 is 16.0 Å². The number of H-pyrrole nitrogens is 1. The Morgan fingerprint density at radius 1 is 1.50 bits per heavy atom. The van der Waals surface area contributed by atoms with E-state index in [1.807, 2.05) is 0 Å². The van der Waals surface area contributed by atoms with E-state index in [-0.39, 0.29) is 5.95 Å². The van der Waals surface area contributed by atoms with Crippen LogP contribution in [0, 0.1) is 5.92 Å². The molecule has 0 spiro atoms. The molecule has 1 saturated carbocycles. The molecule has 4 N–H and O–H groups in total. The number of nitrogens with two attached hydrogens (primary N) is 1. The summed E-state index contributed by atoms with van der Waals surface area (Å²) in [7, 11) is 0. The van der Waals surface area contributed by atoms with Crippen LogP contribution in [0.2, 0.25) is 0 Å². The van der Waals surface area contributed by atoms with Crippen LogP contribution in [-0.4, -0.2) is 26.0 Å². The van der Waals surface area contributed by atoms with Crippen LogP contribution in [0.25, 0.3) is 11.2 Å². The summed E-state index contributed by atoms with van der Waals surface area (Å²) in [4.78, 5) is 15.5.